The van der Waals surface area contributed by atoms with Crippen LogP contribution in [0.4, 0.5) is 11.6 Å². The van der Waals surface area contributed by atoms with Gasteiger partial charge in [-0.2, -0.15) is 0 Å². The van der Waals surface area contributed by atoms with Crippen molar-refractivity contribution in [1.29, 1.82) is 0 Å². The summed E-state index contributed by atoms with van der Waals surface area (Å²) in [6.45, 7) is 2.87. The summed E-state index contributed by atoms with van der Waals surface area (Å²) in [6.07, 6.45) is 6.54. The van der Waals surface area contributed by atoms with Crippen molar-refractivity contribution in [3.63, 3.8) is 0 Å². The van der Waals surface area contributed by atoms with Gasteiger partial charge in [-0.25, -0.2) is 9.97 Å². The summed E-state index contributed by atoms with van der Waals surface area (Å²) >= 11 is 0. The van der Waals surface area contributed by atoms with Gasteiger partial charge in [0.05, 0.1) is 12.8 Å². The van der Waals surface area contributed by atoms with Crippen LogP contribution in [0, 0.1) is 0 Å². The van der Waals surface area contributed by atoms with Crippen molar-refractivity contribution in [3.8, 4) is 0 Å². The van der Waals surface area contributed by atoms with Gasteiger partial charge in [0, 0.05) is 32.4 Å². The number of esters is 1. The lowest BCUT2D eigenvalue weighted by Crippen LogP contribution is -2.10. The summed E-state index contributed by atoms with van der Waals surface area (Å²) in [5, 5.41) is 6.20. The highest BCUT2D eigenvalue weighted by Crippen LogP contribution is 2.15. The molecular weight excluding hydrogens is 258 g/mol. The zero-order chi connectivity index (χ0) is 14.4. The van der Waals surface area contributed by atoms with E-state index in [4.69, 9.17) is 4.74 Å². The van der Waals surface area contributed by atoms with Crippen molar-refractivity contribution < 1.29 is 9.53 Å². The molecule has 0 amide bonds. The molecule has 0 radical (unpaired) electrons. The highest BCUT2D eigenvalue weighted by Gasteiger charge is 2.07. The van der Waals surface area contributed by atoms with E-state index in [-0.39, 0.29) is 5.97 Å². The Balaban J connectivity index is 1.95. The van der Waals surface area contributed by atoms with Gasteiger partial charge in [0.25, 0.3) is 0 Å². The van der Waals surface area contributed by atoms with Crippen LogP contribution in [0.2, 0.25) is 0 Å². The molecule has 0 atom stereocenters. The third kappa shape index (κ3) is 3.37. The number of ether oxygens (including phenoxy) is 1. The Morgan fingerprint density at radius 2 is 2.35 bits per heavy atom. The van der Waals surface area contributed by atoms with Gasteiger partial charge in [-0.15, -0.1) is 0 Å². The van der Waals surface area contributed by atoms with Gasteiger partial charge in [-0.1, -0.05) is 0 Å². The van der Waals surface area contributed by atoms with Crippen molar-refractivity contribution >= 4 is 23.3 Å². The Morgan fingerprint density at radius 3 is 3.10 bits per heavy atom. The van der Waals surface area contributed by atoms with Gasteiger partial charge in [0.2, 0.25) is 0 Å². The molecule has 0 aromatic carbocycles. The predicted octanol–water partition coefficient (Wildman–Crippen LogP) is 1.53. The number of carbonyl (C=O) groups excluding carboxylic acids is 1. The molecule has 0 fully saturated rings. The lowest BCUT2D eigenvalue weighted by molar-refractivity contribution is -0.143. The minimum atomic E-state index is -0.169. The molecule has 0 saturated heterocycles. The maximum absolute atomic E-state index is 11.2. The minimum absolute atomic E-state index is 0.169. The number of nitrogens with one attached hydrogen (secondary N) is 2. The highest BCUT2D eigenvalue weighted by atomic mass is 16.5. The highest BCUT2D eigenvalue weighted by molar-refractivity contribution is 5.69. The van der Waals surface area contributed by atoms with Crippen LogP contribution in [0.15, 0.2) is 18.6 Å². The van der Waals surface area contributed by atoms with Crippen molar-refractivity contribution in [3.05, 3.63) is 18.6 Å². The second-order valence-corrected chi connectivity index (χ2v) is 4.22. The average Bonchev–Trinajstić information content (AvgIpc) is 2.91. The van der Waals surface area contributed by atoms with Gasteiger partial charge in [-0.05, 0) is 13.3 Å². The molecule has 2 aromatic rings. The Kier molecular flexibility index (Phi) is 4.75. The maximum atomic E-state index is 11.2. The van der Waals surface area contributed by atoms with Crippen molar-refractivity contribution in [1.82, 2.24) is 14.4 Å². The molecule has 0 aliphatic rings. The third-order valence-electron chi connectivity index (χ3n) is 2.79. The first kappa shape index (κ1) is 14.1. The number of nitrogens with zero attached hydrogens (tertiary/aromatic N) is 3. The number of fused-ring (bicyclic) bond motifs is 1. The van der Waals surface area contributed by atoms with E-state index in [9.17, 15) is 4.79 Å². The summed E-state index contributed by atoms with van der Waals surface area (Å²) in [5.74, 6) is 1.28. The molecule has 0 bridgehead atoms. The molecule has 7 heteroatoms. The minimum Gasteiger partial charge on any atom is -0.466 e. The van der Waals surface area contributed by atoms with Gasteiger partial charge in [0.15, 0.2) is 11.5 Å². The topological polar surface area (TPSA) is 80.5 Å². The number of aromatic nitrogens is 3. The predicted molar refractivity (Wildman–Crippen MR) is 76.9 cm³/mol. The Bertz CT molecular complexity index is 581. The lowest BCUT2D eigenvalue weighted by atomic mass is 10.3. The van der Waals surface area contributed by atoms with Crippen molar-refractivity contribution in [2.24, 2.45) is 0 Å². The van der Waals surface area contributed by atoms with E-state index < -0.39 is 0 Å². The van der Waals surface area contributed by atoms with Crippen LogP contribution in [0.25, 0.3) is 5.65 Å². The van der Waals surface area contributed by atoms with E-state index in [0.29, 0.717) is 31.8 Å². The van der Waals surface area contributed by atoms with E-state index in [2.05, 4.69) is 20.6 Å². The first-order valence-corrected chi connectivity index (χ1v) is 6.65. The molecule has 7 nitrogen and oxygen atoms in total. The number of hydrogen-bond donors (Lipinski definition) is 2. The third-order valence-corrected chi connectivity index (χ3v) is 2.79. The fourth-order valence-corrected chi connectivity index (χ4v) is 1.84. The summed E-state index contributed by atoms with van der Waals surface area (Å²) in [4.78, 5) is 19.9. The largest absolute Gasteiger partial charge is 0.466 e. The summed E-state index contributed by atoms with van der Waals surface area (Å²) in [6, 6.07) is 0. The zero-order valence-corrected chi connectivity index (χ0v) is 11.7. The molecule has 2 N–H and O–H groups in total. The fourth-order valence-electron chi connectivity index (χ4n) is 1.84. The van der Waals surface area contributed by atoms with E-state index in [0.717, 1.165) is 11.5 Å². The van der Waals surface area contributed by atoms with Crippen LogP contribution in [0.1, 0.15) is 19.8 Å². The number of hydrogen-bond acceptors (Lipinski definition) is 6. The quantitative estimate of drug-likeness (QED) is 0.590. The number of imidazole rings is 1. The molecule has 2 heterocycles. The standard InChI is InChI=1S/C13H19N5O2/c1-3-20-11(19)5-4-6-15-12-13-16-7-8-18(13)9-10(14-2)17-12/h7-9,14H,3-6H2,1-2H3,(H,15,17). The number of rotatable bonds is 7. The van der Waals surface area contributed by atoms with E-state index in [1.54, 1.807) is 13.1 Å². The molecule has 0 unspecified atom stereocenters. The Labute approximate surface area is 117 Å². The molecule has 20 heavy (non-hydrogen) atoms. The van der Waals surface area contributed by atoms with Crippen LogP contribution >= 0.6 is 0 Å². The van der Waals surface area contributed by atoms with Crippen LogP contribution in [-0.4, -0.2) is 40.5 Å². The second kappa shape index (κ2) is 6.74. The van der Waals surface area contributed by atoms with Gasteiger partial charge in [-0.3, -0.25) is 4.79 Å². The molecule has 0 saturated carbocycles. The Morgan fingerprint density at radius 1 is 1.50 bits per heavy atom. The first-order chi connectivity index (χ1) is 9.74. The van der Waals surface area contributed by atoms with Gasteiger partial charge in [0.1, 0.15) is 5.82 Å². The summed E-state index contributed by atoms with van der Waals surface area (Å²) in [7, 11) is 1.82. The van der Waals surface area contributed by atoms with Crippen LogP contribution in [0.5, 0.6) is 0 Å². The molecular formula is C13H19N5O2. The SMILES string of the molecule is CCOC(=O)CCCNc1nc(NC)cn2ccnc12. The molecule has 0 aliphatic carbocycles. The van der Waals surface area contributed by atoms with Crippen molar-refractivity contribution in [2.45, 2.75) is 19.8 Å². The smallest absolute Gasteiger partial charge is 0.305 e. The van der Waals surface area contributed by atoms with E-state index in [1.807, 2.05) is 23.8 Å². The zero-order valence-electron chi connectivity index (χ0n) is 11.7. The average molecular weight is 277 g/mol. The molecule has 2 rings (SSSR count). The molecule has 0 aliphatic heterocycles. The van der Waals surface area contributed by atoms with Gasteiger partial charge < -0.3 is 19.8 Å². The summed E-state index contributed by atoms with van der Waals surface area (Å²) in [5.41, 5.74) is 0.764. The Hall–Kier alpha value is -2.31. The molecule has 0 spiro atoms. The maximum Gasteiger partial charge on any atom is 0.305 e. The fraction of sp³-hybridized carbons (Fsp3) is 0.462. The molecule has 2 aromatic heterocycles. The lowest BCUT2D eigenvalue weighted by Gasteiger charge is -2.09. The first-order valence-electron chi connectivity index (χ1n) is 6.65. The van der Waals surface area contributed by atoms with Crippen LogP contribution in [-0.2, 0) is 9.53 Å². The van der Waals surface area contributed by atoms with E-state index in [1.165, 1.54) is 0 Å². The summed E-state index contributed by atoms with van der Waals surface area (Å²) < 4.78 is 6.78. The monoisotopic (exact) mass is 277 g/mol. The number of carbonyl (C=O) groups is 1. The van der Waals surface area contributed by atoms with Crippen molar-refractivity contribution in [2.75, 3.05) is 30.8 Å². The van der Waals surface area contributed by atoms with Gasteiger partial charge >= 0.3 is 5.97 Å². The van der Waals surface area contributed by atoms with E-state index >= 15 is 0 Å². The normalized spacial score (nSPS) is 10.5. The van der Waals surface area contributed by atoms with Crippen LogP contribution < -0.4 is 10.6 Å². The molecule has 108 valence electrons. The van der Waals surface area contributed by atoms with Crippen LogP contribution in [0.3, 0.4) is 0 Å². The second-order valence-electron chi connectivity index (χ2n) is 4.22. The number of anilines is 2.